The minimum Gasteiger partial charge on any atom is -0.393 e. The molecule has 0 atom stereocenters. The Morgan fingerprint density at radius 2 is 1.50 bits per heavy atom. The lowest BCUT2D eigenvalue weighted by atomic mass is 10.4. The fourth-order valence-electron chi connectivity index (χ4n) is 0.324. The van der Waals surface area contributed by atoms with Gasteiger partial charge in [0.15, 0.2) is 6.10 Å². The van der Waals surface area contributed by atoms with Gasteiger partial charge in [0.1, 0.15) is 0 Å². The smallest absolute Gasteiger partial charge is 0.393 e. The van der Waals surface area contributed by atoms with E-state index in [0.29, 0.717) is 0 Å². The summed E-state index contributed by atoms with van der Waals surface area (Å²) in [5.41, 5.74) is 0. The van der Waals surface area contributed by atoms with Crippen molar-refractivity contribution in [2.24, 2.45) is 0 Å². The second-order valence-electron chi connectivity index (χ2n) is 1.61. The maximum Gasteiger partial charge on any atom is 0.567 e. The highest BCUT2D eigenvalue weighted by Crippen LogP contribution is 2.46. The molecule has 0 heterocycles. The maximum atomic E-state index is 8.29. The molecule has 5 N–H and O–H groups in total. The molecule has 62 valence electrons. The van der Waals surface area contributed by atoms with Crippen LogP contribution < -0.4 is 0 Å². The number of hydrogen-bond acceptors (Lipinski definition) is 6. The van der Waals surface area contributed by atoms with Crippen molar-refractivity contribution in [3.8, 4) is 0 Å². The third kappa shape index (κ3) is 5.01. The summed E-state index contributed by atoms with van der Waals surface area (Å²) in [4.78, 5) is 24.7. The van der Waals surface area contributed by atoms with Gasteiger partial charge in [-0.2, -0.15) is 14.7 Å². The summed E-state index contributed by atoms with van der Waals surface area (Å²) in [5, 5.41) is 16.6. The molecule has 6 nitrogen and oxygen atoms in total. The number of hydrogen-bond donors (Lipinski definition) is 5. The number of aliphatic hydroxyl groups excluding tert-OH is 2. The lowest BCUT2D eigenvalue weighted by Crippen LogP contribution is -2.21. The summed E-state index contributed by atoms with van der Waals surface area (Å²) in [6, 6.07) is 0. The van der Waals surface area contributed by atoms with Gasteiger partial charge in [0, 0.05) is 0 Å². The summed E-state index contributed by atoms with van der Waals surface area (Å²) in [7, 11) is -4.32. The van der Waals surface area contributed by atoms with Gasteiger partial charge in [0.2, 0.25) is 0 Å². The molecule has 0 aromatic rings. The monoisotopic (exact) mass is 173 g/mol. The zero-order chi connectivity index (χ0) is 8.20. The highest BCUT2D eigenvalue weighted by molar-refractivity contribution is 7.53. The van der Waals surface area contributed by atoms with Gasteiger partial charge >= 0.3 is 8.17 Å². The Hall–Kier alpha value is 0.190. The summed E-state index contributed by atoms with van der Waals surface area (Å²) in [6.45, 7) is -1.17. The van der Waals surface area contributed by atoms with Gasteiger partial charge in [-0.1, -0.05) is 0 Å². The van der Waals surface area contributed by atoms with Crippen LogP contribution in [0, 0.1) is 0 Å². The van der Waals surface area contributed by atoms with Gasteiger partial charge in [0.25, 0.3) is 0 Å². The van der Waals surface area contributed by atoms with E-state index in [-0.39, 0.29) is 0 Å². The Labute approximate surface area is 58.0 Å². The van der Waals surface area contributed by atoms with Crippen LogP contribution >= 0.6 is 8.17 Å². The molecule has 0 rings (SSSR count). The van der Waals surface area contributed by atoms with Gasteiger partial charge < -0.3 is 10.2 Å². The van der Waals surface area contributed by atoms with Crippen LogP contribution in [-0.4, -0.2) is 44.2 Å². The van der Waals surface area contributed by atoms with Gasteiger partial charge in [-0.25, -0.2) is 0 Å². The van der Waals surface area contributed by atoms with Crippen LogP contribution in [0.3, 0.4) is 0 Å². The first-order valence-electron chi connectivity index (χ1n) is 2.47. The first-order chi connectivity index (χ1) is 4.49. The van der Waals surface area contributed by atoms with Gasteiger partial charge in [-0.05, 0) is 0 Å². The molecule has 0 saturated carbocycles. The molecule has 0 fully saturated rings. The first kappa shape index (κ1) is 10.2. The maximum absolute atomic E-state index is 8.29. The van der Waals surface area contributed by atoms with Crippen molar-refractivity contribution >= 4 is 8.17 Å². The van der Waals surface area contributed by atoms with Crippen LogP contribution in [0.2, 0.25) is 0 Å². The Bertz CT molecular complexity index is 85.5. The van der Waals surface area contributed by atoms with E-state index in [2.05, 4.69) is 4.52 Å². The molecule has 0 spiro atoms. The molecular weight excluding hydrogens is 163 g/mol. The fourth-order valence-corrected chi connectivity index (χ4v) is 0.858. The lowest BCUT2D eigenvalue weighted by molar-refractivity contribution is 0.0263. The largest absolute Gasteiger partial charge is 0.567 e. The molecule has 0 aromatic heterocycles. The van der Waals surface area contributed by atoms with Crippen molar-refractivity contribution in [2.75, 3.05) is 13.2 Å². The molecule has 0 amide bonds. The van der Waals surface area contributed by atoms with Gasteiger partial charge in [-0.3, -0.25) is 0 Å². The zero-order valence-corrected chi connectivity index (χ0v) is 5.98. The molecule has 0 saturated heterocycles. The van der Waals surface area contributed by atoms with Crippen LogP contribution in [-0.2, 0) is 4.52 Å². The normalized spacial score (nSPS) is 12.6. The third-order valence-corrected chi connectivity index (χ3v) is 1.28. The van der Waals surface area contributed by atoms with E-state index < -0.39 is 27.5 Å². The van der Waals surface area contributed by atoms with Crippen molar-refractivity contribution in [3.63, 3.8) is 0 Å². The quantitative estimate of drug-likeness (QED) is 0.315. The molecule has 0 aliphatic rings. The lowest BCUT2D eigenvalue weighted by Gasteiger charge is -2.09. The summed E-state index contributed by atoms with van der Waals surface area (Å²) < 4.78 is 4.01. The Morgan fingerprint density at radius 3 is 1.60 bits per heavy atom. The second kappa shape index (κ2) is 4.15. The van der Waals surface area contributed by atoms with Crippen molar-refractivity contribution in [3.05, 3.63) is 0 Å². The van der Waals surface area contributed by atoms with Crippen LogP contribution in [0.5, 0.6) is 0 Å². The molecule has 0 radical (unpaired) electrons. The number of rotatable bonds is 4. The fraction of sp³-hybridized carbons (Fsp3) is 1.00. The minimum absolute atomic E-state index is 0.583. The average Bonchev–Trinajstić information content (AvgIpc) is 1.81. The van der Waals surface area contributed by atoms with Crippen LogP contribution in [0.4, 0.5) is 0 Å². The molecule has 7 heteroatoms. The minimum atomic E-state index is -4.32. The molecular formula is C3H10O6P+. The third-order valence-electron chi connectivity index (χ3n) is 0.698. The second-order valence-corrected chi connectivity index (χ2v) is 2.84. The Morgan fingerprint density at radius 1 is 1.10 bits per heavy atom. The van der Waals surface area contributed by atoms with Crippen molar-refractivity contribution < 1.29 is 29.4 Å². The highest BCUT2D eigenvalue weighted by Gasteiger charge is 2.36. The van der Waals surface area contributed by atoms with Gasteiger partial charge in [-0.15, -0.1) is 4.52 Å². The van der Waals surface area contributed by atoms with Crippen LogP contribution in [0.15, 0.2) is 0 Å². The van der Waals surface area contributed by atoms with Gasteiger partial charge in [0.05, 0.1) is 13.2 Å². The van der Waals surface area contributed by atoms with E-state index in [9.17, 15) is 0 Å². The SMILES string of the molecule is OCC(CO)O[P+](O)(O)O. The van der Waals surface area contributed by atoms with Crippen molar-refractivity contribution in [2.45, 2.75) is 6.10 Å². The van der Waals surface area contributed by atoms with E-state index in [4.69, 9.17) is 24.9 Å². The molecule has 0 bridgehead atoms. The van der Waals surface area contributed by atoms with E-state index in [0.717, 1.165) is 0 Å². The summed E-state index contributed by atoms with van der Waals surface area (Å²) in [5.74, 6) is 0. The molecule has 0 aliphatic carbocycles. The van der Waals surface area contributed by atoms with Crippen molar-refractivity contribution in [1.82, 2.24) is 0 Å². The molecule has 0 aliphatic heterocycles. The molecule has 10 heavy (non-hydrogen) atoms. The topological polar surface area (TPSA) is 110 Å². The molecule has 0 aromatic carbocycles. The summed E-state index contributed by atoms with van der Waals surface area (Å²) in [6.07, 6.45) is -1.15. The predicted octanol–water partition coefficient (Wildman–Crippen LogP) is -1.99. The van der Waals surface area contributed by atoms with E-state index in [1.54, 1.807) is 0 Å². The van der Waals surface area contributed by atoms with Crippen LogP contribution in [0.1, 0.15) is 0 Å². The van der Waals surface area contributed by atoms with E-state index in [1.165, 1.54) is 0 Å². The standard InChI is InChI=1S/C3H10O6P/c4-1-3(2-5)9-10(6,7)8/h3-8H,1-2H2/q+1. The van der Waals surface area contributed by atoms with Crippen molar-refractivity contribution in [1.29, 1.82) is 0 Å². The average molecular weight is 173 g/mol. The first-order valence-corrected chi connectivity index (χ1v) is 4.03. The van der Waals surface area contributed by atoms with E-state index in [1.807, 2.05) is 0 Å². The highest BCUT2D eigenvalue weighted by atomic mass is 31.2. The number of aliphatic hydroxyl groups is 2. The van der Waals surface area contributed by atoms with Crippen LogP contribution in [0.25, 0.3) is 0 Å². The molecule has 0 unspecified atom stereocenters. The Balaban J connectivity index is 3.63. The van der Waals surface area contributed by atoms with E-state index >= 15 is 0 Å². The summed E-state index contributed by atoms with van der Waals surface area (Å²) >= 11 is 0. The Kier molecular flexibility index (Phi) is 4.23. The predicted molar refractivity (Wildman–Crippen MR) is 32.6 cm³/mol. The zero-order valence-electron chi connectivity index (χ0n) is 5.08.